The quantitative estimate of drug-likeness (QED) is 0.349. The lowest BCUT2D eigenvalue weighted by atomic mass is 9.71. The summed E-state index contributed by atoms with van der Waals surface area (Å²) in [6.07, 6.45) is 5.38. The molecule has 0 spiro atoms. The molecule has 2 aromatic carbocycles. The predicted octanol–water partition coefficient (Wildman–Crippen LogP) is 4.09. The van der Waals surface area contributed by atoms with Crippen LogP contribution in [-0.2, 0) is 6.67 Å². The van der Waals surface area contributed by atoms with E-state index in [4.69, 9.17) is 4.74 Å². The van der Waals surface area contributed by atoms with Crippen LogP contribution in [0.5, 0.6) is 5.75 Å². The lowest BCUT2D eigenvalue weighted by molar-refractivity contribution is -0.992. The molecule has 5 heterocycles. The van der Waals surface area contributed by atoms with E-state index in [0.717, 1.165) is 63.7 Å². The number of fused-ring (bicyclic) bond motifs is 5. The molecule has 174 valence electrons. The molecule has 2 bridgehead atoms. The number of rotatable bonds is 6. The van der Waals surface area contributed by atoms with Gasteiger partial charge >= 0.3 is 0 Å². The number of aromatic nitrogens is 4. The minimum Gasteiger partial charge on any atom is -0.497 e. The van der Waals surface area contributed by atoms with Gasteiger partial charge in [-0.25, -0.2) is 0 Å². The summed E-state index contributed by atoms with van der Waals surface area (Å²) < 4.78 is 8.26. The molecule has 4 aromatic rings. The Morgan fingerprint density at radius 1 is 1.24 bits per heavy atom. The Bertz CT molecular complexity index is 1370. The molecule has 0 saturated carbocycles. The van der Waals surface area contributed by atoms with Gasteiger partial charge in [0, 0.05) is 30.3 Å². The highest BCUT2D eigenvalue weighted by molar-refractivity contribution is 5.84. The molecule has 7 rings (SSSR count). The van der Waals surface area contributed by atoms with Crippen LogP contribution in [-0.4, -0.2) is 55.8 Å². The standard InChI is InChI=1S/C27H30N5O2/c1-3-18-16-32(17-31-25-7-5-4-6-24(25)29-30-31)13-11-19(18)14-26(32)27(33)21-10-12-28-23-9-8-20(34-2)15-22(21)23/h3-10,12,15,18-19,26-27,33H,1,11,13-14,16-17H2,2H3/q+1/t18?,19?,26-,27+,32?/m1/s1. The second-order valence-corrected chi connectivity index (χ2v) is 9.82. The zero-order chi connectivity index (χ0) is 23.3. The first kappa shape index (κ1) is 21.3. The molecule has 1 N–H and O–H groups in total. The Morgan fingerprint density at radius 3 is 2.97 bits per heavy atom. The number of piperidine rings is 3. The number of aliphatic hydroxyl groups is 1. The second-order valence-electron chi connectivity index (χ2n) is 9.82. The highest BCUT2D eigenvalue weighted by atomic mass is 16.5. The average Bonchev–Trinajstić information content (AvgIpc) is 3.29. The molecule has 3 saturated heterocycles. The van der Waals surface area contributed by atoms with Gasteiger partial charge in [-0.05, 0) is 47.9 Å². The molecule has 0 aliphatic carbocycles. The number of ether oxygens (including phenoxy) is 1. The Hall–Kier alpha value is -3.29. The summed E-state index contributed by atoms with van der Waals surface area (Å²) in [7, 11) is 1.66. The number of benzene rings is 2. The van der Waals surface area contributed by atoms with Crippen molar-refractivity contribution in [3.63, 3.8) is 0 Å². The number of nitrogens with zero attached hydrogens (tertiary/aromatic N) is 5. The van der Waals surface area contributed by atoms with E-state index in [9.17, 15) is 5.11 Å². The molecule has 0 radical (unpaired) electrons. The van der Waals surface area contributed by atoms with Crippen LogP contribution in [0, 0.1) is 11.8 Å². The number of hydrogen-bond acceptors (Lipinski definition) is 5. The first-order chi connectivity index (χ1) is 16.6. The molecule has 7 nitrogen and oxygen atoms in total. The summed E-state index contributed by atoms with van der Waals surface area (Å²) in [6.45, 7) is 6.79. The summed E-state index contributed by atoms with van der Waals surface area (Å²) in [5.74, 6) is 1.76. The number of methoxy groups -OCH3 is 1. The molecular formula is C27H30N5O2+. The average molecular weight is 457 g/mol. The van der Waals surface area contributed by atoms with Crippen LogP contribution < -0.4 is 4.74 Å². The van der Waals surface area contributed by atoms with Crippen LogP contribution in [0.25, 0.3) is 21.9 Å². The van der Waals surface area contributed by atoms with Crippen molar-refractivity contribution in [2.75, 3.05) is 20.2 Å². The smallest absolute Gasteiger partial charge is 0.177 e. The van der Waals surface area contributed by atoms with Crippen molar-refractivity contribution in [1.29, 1.82) is 0 Å². The van der Waals surface area contributed by atoms with Crippen LogP contribution in [0.1, 0.15) is 24.5 Å². The van der Waals surface area contributed by atoms with E-state index in [0.29, 0.717) is 18.5 Å². The van der Waals surface area contributed by atoms with Crippen molar-refractivity contribution < 1.29 is 14.3 Å². The summed E-state index contributed by atoms with van der Waals surface area (Å²) in [5.41, 5.74) is 3.71. The van der Waals surface area contributed by atoms with Crippen molar-refractivity contribution in [3.8, 4) is 5.75 Å². The molecule has 5 atom stereocenters. The van der Waals surface area contributed by atoms with E-state index >= 15 is 0 Å². The van der Waals surface area contributed by atoms with Gasteiger partial charge in [0.25, 0.3) is 0 Å². The van der Waals surface area contributed by atoms with E-state index < -0.39 is 6.10 Å². The van der Waals surface area contributed by atoms with E-state index in [-0.39, 0.29) is 6.04 Å². The van der Waals surface area contributed by atoms with Crippen molar-refractivity contribution in [2.45, 2.75) is 31.7 Å². The first-order valence-electron chi connectivity index (χ1n) is 12.0. The summed E-state index contributed by atoms with van der Waals surface area (Å²) in [6, 6.07) is 16.0. The third kappa shape index (κ3) is 3.30. The number of hydrogen-bond donors (Lipinski definition) is 1. The number of para-hydroxylation sites is 1. The third-order valence-electron chi connectivity index (χ3n) is 8.18. The normalized spacial score (nSPS) is 27.2. The maximum absolute atomic E-state index is 11.9. The van der Waals surface area contributed by atoms with Gasteiger partial charge in [0.05, 0.1) is 31.2 Å². The third-order valence-corrected chi connectivity index (χ3v) is 8.18. The van der Waals surface area contributed by atoms with Gasteiger partial charge in [-0.1, -0.05) is 23.4 Å². The van der Waals surface area contributed by atoms with Crippen LogP contribution >= 0.6 is 0 Å². The van der Waals surface area contributed by atoms with Gasteiger partial charge in [0.15, 0.2) is 6.67 Å². The minimum atomic E-state index is -0.624. The molecule has 2 aromatic heterocycles. The van der Waals surface area contributed by atoms with Crippen molar-refractivity contribution in [3.05, 3.63) is 72.9 Å². The van der Waals surface area contributed by atoms with E-state index in [1.807, 2.05) is 47.1 Å². The minimum absolute atomic E-state index is 0.0507. The zero-order valence-corrected chi connectivity index (χ0v) is 19.4. The van der Waals surface area contributed by atoms with Gasteiger partial charge < -0.3 is 9.84 Å². The van der Waals surface area contributed by atoms with Gasteiger partial charge in [0.1, 0.15) is 23.4 Å². The van der Waals surface area contributed by atoms with Crippen molar-refractivity contribution >= 4 is 21.9 Å². The molecule has 3 aliphatic rings. The summed E-state index contributed by atoms with van der Waals surface area (Å²) in [5, 5.41) is 21.8. The maximum atomic E-state index is 11.9. The van der Waals surface area contributed by atoms with Crippen molar-refractivity contribution in [1.82, 2.24) is 20.0 Å². The first-order valence-corrected chi connectivity index (χ1v) is 12.0. The second kappa shape index (κ2) is 8.18. The van der Waals surface area contributed by atoms with E-state index in [1.54, 1.807) is 13.3 Å². The molecule has 3 unspecified atom stereocenters. The number of aliphatic hydroxyl groups excluding tert-OH is 1. The van der Waals surface area contributed by atoms with Gasteiger partial charge in [-0.3, -0.25) is 9.47 Å². The molecule has 3 aliphatic heterocycles. The monoisotopic (exact) mass is 456 g/mol. The molecule has 3 fully saturated rings. The summed E-state index contributed by atoms with van der Waals surface area (Å²) >= 11 is 0. The van der Waals surface area contributed by atoms with Gasteiger partial charge in [0.2, 0.25) is 0 Å². The Balaban J connectivity index is 1.43. The van der Waals surface area contributed by atoms with E-state index in [2.05, 4.69) is 34.0 Å². The Labute approximate surface area is 198 Å². The summed E-state index contributed by atoms with van der Waals surface area (Å²) in [4.78, 5) is 4.52. The molecular weight excluding hydrogens is 426 g/mol. The fraction of sp³-hybridized carbons (Fsp3) is 0.370. The van der Waals surface area contributed by atoms with Crippen LogP contribution in [0.15, 0.2) is 67.4 Å². The number of pyridine rings is 1. The molecule has 34 heavy (non-hydrogen) atoms. The highest BCUT2D eigenvalue weighted by Crippen LogP contribution is 2.47. The van der Waals surface area contributed by atoms with Crippen LogP contribution in [0.3, 0.4) is 0 Å². The largest absolute Gasteiger partial charge is 0.497 e. The predicted molar refractivity (Wildman–Crippen MR) is 131 cm³/mol. The highest BCUT2D eigenvalue weighted by Gasteiger charge is 2.54. The zero-order valence-electron chi connectivity index (χ0n) is 19.4. The Kier molecular flexibility index (Phi) is 5.12. The fourth-order valence-corrected chi connectivity index (χ4v) is 6.38. The van der Waals surface area contributed by atoms with E-state index in [1.165, 1.54) is 0 Å². The topological polar surface area (TPSA) is 73.1 Å². The maximum Gasteiger partial charge on any atom is 0.177 e. The SMILES string of the molecule is C=CC1C[N+]2(Cn3nnc4ccccc43)CCC1C[C@@H]2[C@@H](O)c1ccnc2ccc(OC)cc12. The fourth-order valence-electron chi connectivity index (χ4n) is 6.38. The Morgan fingerprint density at radius 2 is 2.12 bits per heavy atom. The lowest BCUT2D eigenvalue weighted by Crippen LogP contribution is -2.68. The van der Waals surface area contributed by atoms with Gasteiger partial charge in [-0.15, -0.1) is 11.7 Å². The number of quaternary nitrogens is 1. The van der Waals surface area contributed by atoms with Crippen LogP contribution in [0.2, 0.25) is 0 Å². The molecule has 7 heteroatoms. The lowest BCUT2D eigenvalue weighted by Gasteiger charge is -2.57. The van der Waals surface area contributed by atoms with Crippen LogP contribution in [0.4, 0.5) is 0 Å². The molecule has 0 amide bonds. The van der Waals surface area contributed by atoms with Gasteiger partial charge in [-0.2, -0.15) is 4.68 Å². The van der Waals surface area contributed by atoms with Crippen molar-refractivity contribution in [2.24, 2.45) is 11.8 Å².